The highest BCUT2D eigenvalue weighted by molar-refractivity contribution is 5.57. The van der Waals surface area contributed by atoms with Gasteiger partial charge in [-0.1, -0.05) is 12.1 Å². The Morgan fingerprint density at radius 2 is 2.00 bits per heavy atom. The molecular weight excluding hydrogens is 234 g/mol. The van der Waals surface area contributed by atoms with Crippen molar-refractivity contribution in [1.82, 2.24) is 4.90 Å². The van der Waals surface area contributed by atoms with Crippen LogP contribution in [0.5, 0.6) is 0 Å². The molecule has 0 bridgehead atoms. The van der Waals surface area contributed by atoms with E-state index in [4.69, 9.17) is 5.73 Å². The Labute approximate surface area is 117 Å². The fraction of sp³-hybridized carbons (Fsp3) is 0.625. The second kappa shape index (κ2) is 5.93. The summed E-state index contributed by atoms with van der Waals surface area (Å²) >= 11 is 0. The molecule has 19 heavy (non-hydrogen) atoms. The van der Waals surface area contributed by atoms with Crippen molar-refractivity contribution in [1.29, 1.82) is 0 Å². The fourth-order valence-corrected chi connectivity index (χ4v) is 3.28. The lowest BCUT2D eigenvalue weighted by molar-refractivity contribution is 0.227. The molecule has 0 amide bonds. The number of nitrogens with two attached hydrogens (primary N) is 1. The van der Waals surface area contributed by atoms with Crippen LogP contribution in [0, 0.1) is 13.8 Å². The van der Waals surface area contributed by atoms with Crippen molar-refractivity contribution in [2.45, 2.75) is 39.3 Å². The first-order valence-corrected chi connectivity index (χ1v) is 7.27. The van der Waals surface area contributed by atoms with Gasteiger partial charge in [0.2, 0.25) is 0 Å². The molecule has 106 valence electrons. The summed E-state index contributed by atoms with van der Waals surface area (Å²) in [6.45, 7) is 9.68. The SMILES string of the molecule is Cc1ccc(C)c(N2C(C)CN(C)CC2CCN)c1. The molecule has 0 saturated carbocycles. The molecule has 0 aliphatic carbocycles. The Morgan fingerprint density at radius 3 is 2.68 bits per heavy atom. The van der Waals surface area contributed by atoms with E-state index in [0.29, 0.717) is 12.1 Å². The average Bonchev–Trinajstić information content (AvgIpc) is 2.33. The standard InChI is InChI=1S/C16H27N3/c1-12-5-6-13(2)16(9-12)19-14(3)10-18(4)11-15(19)7-8-17/h5-6,9,14-15H,7-8,10-11,17H2,1-4H3. The first-order chi connectivity index (χ1) is 9.02. The molecule has 2 N–H and O–H groups in total. The lowest BCUT2D eigenvalue weighted by atomic mass is 10.00. The number of benzene rings is 1. The maximum absolute atomic E-state index is 5.81. The number of rotatable bonds is 3. The summed E-state index contributed by atoms with van der Waals surface area (Å²) in [4.78, 5) is 5.02. The van der Waals surface area contributed by atoms with Crippen molar-refractivity contribution in [3.8, 4) is 0 Å². The van der Waals surface area contributed by atoms with Gasteiger partial charge in [0.15, 0.2) is 0 Å². The van der Waals surface area contributed by atoms with Crippen molar-refractivity contribution in [3.05, 3.63) is 29.3 Å². The molecule has 2 unspecified atom stereocenters. The van der Waals surface area contributed by atoms with Gasteiger partial charge in [0.1, 0.15) is 0 Å². The molecule has 2 rings (SSSR count). The Bertz CT molecular complexity index is 430. The topological polar surface area (TPSA) is 32.5 Å². The zero-order chi connectivity index (χ0) is 14.0. The molecule has 3 nitrogen and oxygen atoms in total. The maximum Gasteiger partial charge on any atom is 0.0432 e. The molecule has 0 aromatic heterocycles. The van der Waals surface area contributed by atoms with Gasteiger partial charge < -0.3 is 15.5 Å². The minimum Gasteiger partial charge on any atom is -0.363 e. The van der Waals surface area contributed by atoms with Crippen LogP contribution in [0.3, 0.4) is 0 Å². The summed E-state index contributed by atoms with van der Waals surface area (Å²) in [7, 11) is 2.21. The molecule has 1 heterocycles. The van der Waals surface area contributed by atoms with Gasteiger partial charge in [-0.3, -0.25) is 0 Å². The van der Waals surface area contributed by atoms with E-state index in [1.807, 2.05) is 0 Å². The first-order valence-electron chi connectivity index (χ1n) is 7.27. The quantitative estimate of drug-likeness (QED) is 0.905. The van der Waals surface area contributed by atoms with Crippen LogP contribution in [0.15, 0.2) is 18.2 Å². The Balaban J connectivity index is 2.34. The molecular formula is C16H27N3. The van der Waals surface area contributed by atoms with Crippen LogP contribution in [-0.4, -0.2) is 43.7 Å². The number of nitrogens with zero attached hydrogens (tertiary/aromatic N) is 2. The largest absolute Gasteiger partial charge is 0.363 e. The van der Waals surface area contributed by atoms with E-state index < -0.39 is 0 Å². The Morgan fingerprint density at radius 1 is 1.26 bits per heavy atom. The van der Waals surface area contributed by atoms with Gasteiger partial charge in [-0.05, 0) is 58.0 Å². The predicted octanol–water partition coefficient (Wildman–Crippen LogP) is 2.16. The highest BCUT2D eigenvalue weighted by atomic mass is 15.3. The summed E-state index contributed by atoms with van der Waals surface area (Å²) in [5, 5.41) is 0. The summed E-state index contributed by atoms with van der Waals surface area (Å²) in [5.41, 5.74) is 9.90. The Hall–Kier alpha value is -1.06. The van der Waals surface area contributed by atoms with Crippen molar-refractivity contribution in [2.24, 2.45) is 5.73 Å². The van der Waals surface area contributed by atoms with Gasteiger partial charge in [0.25, 0.3) is 0 Å². The van der Waals surface area contributed by atoms with Crippen LogP contribution in [0.25, 0.3) is 0 Å². The minimum atomic E-state index is 0.527. The van der Waals surface area contributed by atoms with Crippen LogP contribution < -0.4 is 10.6 Å². The van der Waals surface area contributed by atoms with E-state index >= 15 is 0 Å². The minimum absolute atomic E-state index is 0.527. The lowest BCUT2D eigenvalue weighted by Gasteiger charge is -2.47. The van der Waals surface area contributed by atoms with Gasteiger partial charge in [0.05, 0.1) is 0 Å². The van der Waals surface area contributed by atoms with E-state index in [0.717, 1.165) is 26.1 Å². The van der Waals surface area contributed by atoms with Crippen molar-refractivity contribution < 1.29 is 0 Å². The summed E-state index contributed by atoms with van der Waals surface area (Å²) in [6, 6.07) is 7.81. The molecule has 1 aliphatic heterocycles. The van der Waals surface area contributed by atoms with Crippen molar-refractivity contribution in [2.75, 3.05) is 31.6 Å². The van der Waals surface area contributed by atoms with E-state index in [9.17, 15) is 0 Å². The van der Waals surface area contributed by atoms with Gasteiger partial charge in [-0.25, -0.2) is 0 Å². The van der Waals surface area contributed by atoms with E-state index in [1.54, 1.807) is 0 Å². The number of anilines is 1. The third kappa shape index (κ3) is 3.10. The third-order valence-corrected chi connectivity index (χ3v) is 4.11. The molecule has 1 saturated heterocycles. The molecule has 1 aromatic rings. The molecule has 1 aliphatic rings. The lowest BCUT2D eigenvalue weighted by Crippen LogP contribution is -2.57. The number of hydrogen-bond acceptors (Lipinski definition) is 3. The molecule has 1 aromatic carbocycles. The zero-order valence-corrected chi connectivity index (χ0v) is 12.7. The molecule has 0 radical (unpaired) electrons. The normalized spacial score (nSPS) is 24.8. The fourth-order valence-electron chi connectivity index (χ4n) is 3.28. The first kappa shape index (κ1) is 14.4. The van der Waals surface area contributed by atoms with Crippen LogP contribution in [0.2, 0.25) is 0 Å². The highest BCUT2D eigenvalue weighted by Crippen LogP contribution is 2.29. The molecule has 2 atom stereocenters. The van der Waals surface area contributed by atoms with Gasteiger partial charge >= 0.3 is 0 Å². The third-order valence-electron chi connectivity index (χ3n) is 4.11. The van der Waals surface area contributed by atoms with E-state index in [1.165, 1.54) is 16.8 Å². The van der Waals surface area contributed by atoms with E-state index in [2.05, 4.69) is 55.8 Å². The van der Waals surface area contributed by atoms with Crippen LogP contribution in [0.1, 0.15) is 24.5 Å². The van der Waals surface area contributed by atoms with Crippen LogP contribution in [0.4, 0.5) is 5.69 Å². The molecule has 3 heteroatoms. The average molecular weight is 261 g/mol. The van der Waals surface area contributed by atoms with Gasteiger partial charge in [0, 0.05) is 30.9 Å². The number of aryl methyl sites for hydroxylation is 2. The maximum atomic E-state index is 5.81. The summed E-state index contributed by atoms with van der Waals surface area (Å²) in [6.07, 6.45) is 1.06. The smallest absolute Gasteiger partial charge is 0.0432 e. The monoisotopic (exact) mass is 261 g/mol. The van der Waals surface area contributed by atoms with Gasteiger partial charge in [-0.2, -0.15) is 0 Å². The number of hydrogen-bond donors (Lipinski definition) is 1. The second-order valence-electron chi connectivity index (χ2n) is 6.00. The summed E-state index contributed by atoms with van der Waals surface area (Å²) < 4.78 is 0. The number of piperazine rings is 1. The van der Waals surface area contributed by atoms with E-state index in [-0.39, 0.29) is 0 Å². The summed E-state index contributed by atoms with van der Waals surface area (Å²) in [5.74, 6) is 0. The second-order valence-corrected chi connectivity index (χ2v) is 6.00. The molecule has 0 spiro atoms. The van der Waals surface area contributed by atoms with Crippen LogP contribution >= 0.6 is 0 Å². The molecule has 1 fully saturated rings. The predicted molar refractivity (Wildman–Crippen MR) is 82.8 cm³/mol. The zero-order valence-electron chi connectivity index (χ0n) is 12.7. The highest BCUT2D eigenvalue weighted by Gasteiger charge is 2.30. The van der Waals surface area contributed by atoms with Crippen LogP contribution in [-0.2, 0) is 0 Å². The van der Waals surface area contributed by atoms with Crippen molar-refractivity contribution >= 4 is 5.69 Å². The number of likely N-dealkylation sites (N-methyl/N-ethyl adjacent to an activating group) is 1. The van der Waals surface area contributed by atoms with Crippen molar-refractivity contribution in [3.63, 3.8) is 0 Å². The van der Waals surface area contributed by atoms with Gasteiger partial charge in [-0.15, -0.1) is 0 Å². The Kier molecular flexibility index (Phi) is 4.48.